The molecule has 67 valence electrons. The minimum atomic E-state index is 0. The topological polar surface area (TPSA) is 17.1 Å². The third-order valence-electron chi connectivity index (χ3n) is 0.940. The molecule has 1 radical (unpaired) electrons. The standard InChI is InChI=1S/C7H8.C3H6O.CH3/c1-7-5-3-2-4-6-7;1-3(2)4;/h2-6H,1H3;1-2H3;1H3. The van der Waals surface area contributed by atoms with Crippen molar-refractivity contribution in [3.63, 3.8) is 0 Å². The molecule has 12 heavy (non-hydrogen) atoms. The molecule has 0 bridgehead atoms. The Morgan fingerprint density at radius 3 is 1.58 bits per heavy atom. The van der Waals surface area contributed by atoms with E-state index in [0.29, 0.717) is 0 Å². The highest BCUT2D eigenvalue weighted by atomic mass is 16.1. The Hall–Kier alpha value is -1.11. The van der Waals surface area contributed by atoms with E-state index < -0.39 is 0 Å². The van der Waals surface area contributed by atoms with E-state index in [1.165, 1.54) is 19.4 Å². The lowest BCUT2D eigenvalue weighted by atomic mass is 10.2. The molecule has 0 fully saturated rings. The lowest BCUT2D eigenvalue weighted by Crippen LogP contribution is -1.69. The first-order valence-electron chi connectivity index (χ1n) is 3.61. The average Bonchev–Trinajstić information content (AvgIpc) is 1.87. The van der Waals surface area contributed by atoms with Crippen LogP contribution in [0.25, 0.3) is 0 Å². The average molecular weight is 165 g/mol. The van der Waals surface area contributed by atoms with Crippen LogP contribution in [0.5, 0.6) is 0 Å². The Kier molecular flexibility index (Phi) is 8.98. The first-order valence-corrected chi connectivity index (χ1v) is 3.61. The number of ketones is 1. The van der Waals surface area contributed by atoms with Crippen molar-refractivity contribution in [3.05, 3.63) is 43.3 Å². The fourth-order valence-corrected chi connectivity index (χ4v) is 0.534. The number of benzene rings is 1. The van der Waals surface area contributed by atoms with E-state index in [1.54, 1.807) is 0 Å². The van der Waals surface area contributed by atoms with E-state index in [-0.39, 0.29) is 13.2 Å². The van der Waals surface area contributed by atoms with Crippen molar-refractivity contribution < 1.29 is 4.79 Å². The molecular weight excluding hydrogens is 148 g/mol. The smallest absolute Gasteiger partial charge is 0.126 e. The molecule has 0 amide bonds. The Bertz CT molecular complexity index is 198. The Balaban J connectivity index is 0. The van der Waals surface area contributed by atoms with Gasteiger partial charge in [0, 0.05) is 0 Å². The zero-order chi connectivity index (χ0) is 8.69. The lowest BCUT2D eigenvalue weighted by molar-refractivity contribution is -0.114. The van der Waals surface area contributed by atoms with Gasteiger partial charge in [-0.25, -0.2) is 0 Å². The third kappa shape index (κ3) is 11.7. The number of aryl methyl sites for hydroxylation is 1. The minimum absolute atomic E-state index is 0. The summed E-state index contributed by atoms with van der Waals surface area (Å²) in [5.74, 6) is 0.167. The molecule has 0 aliphatic carbocycles. The molecule has 0 saturated carbocycles. The number of rotatable bonds is 0. The monoisotopic (exact) mass is 165 g/mol. The SMILES string of the molecule is CC(C)=O.Cc1ccccc1.[CH3]. The molecular formula is C11H17O. The molecule has 1 heteroatoms. The van der Waals surface area contributed by atoms with E-state index in [0.717, 1.165) is 0 Å². The molecule has 1 rings (SSSR count). The van der Waals surface area contributed by atoms with Crippen LogP contribution in [-0.4, -0.2) is 5.78 Å². The number of carbonyl (C=O) groups excluding carboxylic acids is 1. The Morgan fingerprint density at radius 1 is 1.08 bits per heavy atom. The number of carbonyl (C=O) groups is 1. The number of hydrogen-bond donors (Lipinski definition) is 0. The van der Waals surface area contributed by atoms with Gasteiger partial charge < -0.3 is 4.79 Å². The Morgan fingerprint density at radius 2 is 1.42 bits per heavy atom. The molecule has 0 heterocycles. The maximum atomic E-state index is 9.44. The van der Waals surface area contributed by atoms with E-state index in [2.05, 4.69) is 19.1 Å². The van der Waals surface area contributed by atoms with Gasteiger partial charge in [-0.05, 0) is 20.8 Å². The summed E-state index contributed by atoms with van der Waals surface area (Å²) < 4.78 is 0. The molecule has 0 unspecified atom stereocenters. The van der Waals surface area contributed by atoms with Gasteiger partial charge >= 0.3 is 0 Å². The summed E-state index contributed by atoms with van der Waals surface area (Å²) in [7, 11) is 0. The maximum absolute atomic E-state index is 9.44. The third-order valence-corrected chi connectivity index (χ3v) is 0.940. The zero-order valence-corrected chi connectivity index (χ0v) is 8.29. The van der Waals surface area contributed by atoms with Crippen LogP contribution < -0.4 is 0 Å². The molecule has 0 spiro atoms. The van der Waals surface area contributed by atoms with Gasteiger partial charge in [0.15, 0.2) is 0 Å². The van der Waals surface area contributed by atoms with Gasteiger partial charge in [-0.1, -0.05) is 43.3 Å². The summed E-state index contributed by atoms with van der Waals surface area (Å²) in [5.41, 5.74) is 1.32. The zero-order valence-electron chi connectivity index (χ0n) is 8.29. The van der Waals surface area contributed by atoms with Crippen LogP contribution in [0.15, 0.2) is 30.3 Å². The van der Waals surface area contributed by atoms with Crippen LogP contribution in [0.4, 0.5) is 0 Å². The first-order chi connectivity index (χ1) is 5.13. The predicted octanol–water partition coefficient (Wildman–Crippen LogP) is 3.04. The van der Waals surface area contributed by atoms with Crippen LogP contribution in [0.2, 0.25) is 0 Å². The van der Waals surface area contributed by atoms with E-state index in [4.69, 9.17) is 0 Å². The van der Waals surface area contributed by atoms with Gasteiger partial charge in [-0.3, -0.25) is 0 Å². The van der Waals surface area contributed by atoms with Crippen LogP contribution in [0.1, 0.15) is 19.4 Å². The quantitative estimate of drug-likeness (QED) is 0.577. The van der Waals surface area contributed by atoms with E-state index >= 15 is 0 Å². The van der Waals surface area contributed by atoms with Gasteiger partial charge in [-0.2, -0.15) is 0 Å². The van der Waals surface area contributed by atoms with Crippen LogP contribution in [-0.2, 0) is 4.79 Å². The molecule has 0 aliphatic rings. The molecule has 1 nitrogen and oxygen atoms in total. The van der Waals surface area contributed by atoms with E-state index in [9.17, 15) is 4.79 Å². The lowest BCUT2D eigenvalue weighted by Gasteiger charge is -1.82. The van der Waals surface area contributed by atoms with Crippen LogP contribution in [0, 0.1) is 14.4 Å². The highest BCUT2D eigenvalue weighted by Crippen LogP contribution is 1.92. The fraction of sp³-hybridized carbons (Fsp3) is 0.273. The minimum Gasteiger partial charge on any atom is -0.300 e. The summed E-state index contributed by atoms with van der Waals surface area (Å²) in [6.45, 7) is 5.14. The van der Waals surface area contributed by atoms with Gasteiger partial charge in [0.2, 0.25) is 0 Å². The summed E-state index contributed by atoms with van der Waals surface area (Å²) in [6, 6.07) is 10.3. The second-order valence-corrected chi connectivity index (χ2v) is 2.56. The van der Waals surface area contributed by atoms with Crippen LogP contribution in [0.3, 0.4) is 0 Å². The molecule has 0 N–H and O–H groups in total. The molecule has 0 atom stereocenters. The van der Waals surface area contributed by atoms with Crippen molar-refractivity contribution >= 4 is 5.78 Å². The second-order valence-electron chi connectivity index (χ2n) is 2.56. The molecule has 0 aromatic heterocycles. The van der Waals surface area contributed by atoms with Gasteiger partial charge in [0.25, 0.3) is 0 Å². The van der Waals surface area contributed by atoms with Gasteiger partial charge in [-0.15, -0.1) is 0 Å². The Labute approximate surface area is 75.4 Å². The van der Waals surface area contributed by atoms with E-state index in [1.807, 2.05) is 18.2 Å². The highest BCUT2D eigenvalue weighted by Gasteiger charge is 1.72. The number of Topliss-reactive ketones (excluding diaryl/α,β-unsaturated/α-hetero) is 1. The maximum Gasteiger partial charge on any atom is 0.126 e. The largest absolute Gasteiger partial charge is 0.300 e. The van der Waals surface area contributed by atoms with Crippen molar-refractivity contribution in [1.29, 1.82) is 0 Å². The fourth-order valence-electron chi connectivity index (χ4n) is 0.534. The molecule has 0 saturated heterocycles. The number of hydrogen-bond acceptors (Lipinski definition) is 1. The van der Waals surface area contributed by atoms with Crippen molar-refractivity contribution in [3.8, 4) is 0 Å². The van der Waals surface area contributed by atoms with Gasteiger partial charge in [0.1, 0.15) is 5.78 Å². The first kappa shape index (κ1) is 13.5. The molecule has 1 aromatic rings. The predicted molar refractivity (Wildman–Crippen MR) is 53.9 cm³/mol. The van der Waals surface area contributed by atoms with Crippen molar-refractivity contribution in [2.24, 2.45) is 0 Å². The second kappa shape index (κ2) is 7.99. The summed E-state index contributed by atoms with van der Waals surface area (Å²) in [4.78, 5) is 9.44. The highest BCUT2D eigenvalue weighted by molar-refractivity contribution is 5.72. The normalized spacial score (nSPS) is 7.25. The van der Waals surface area contributed by atoms with Crippen molar-refractivity contribution in [2.45, 2.75) is 20.8 Å². The van der Waals surface area contributed by atoms with Crippen molar-refractivity contribution in [1.82, 2.24) is 0 Å². The van der Waals surface area contributed by atoms with Crippen molar-refractivity contribution in [2.75, 3.05) is 0 Å². The summed E-state index contributed by atoms with van der Waals surface area (Å²) in [6.07, 6.45) is 0. The molecule has 0 aliphatic heterocycles. The van der Waals surface area contributed by atoms with Crippen LogP contribution >= 0.6 is 0 Å². The summed E-state index contributed by atoms with van der Waals surface area (Å²) in [5, 5.41) is 0. The van der Waals surface area contributed by atoms with Gasteiger partial charge in [0.05, 0.1) is 0 Å². The molecule has 1 aromatic carbocycles. The summed E-state index contributed by atoms with van der Waals surface area (Å²) >= 11 is 0.